The first-order chi connectivity index (χ1) is 12.1. The molecule has 4 N–H and O–H groups in total. The molecule has 1 rings (SSSR count). The van der Waals surface area contributed by atoms with Crippen molar-refractivity contribution in [3.8, 4) is 5.75 Å². The molecule has 0 unspecified atom stereocenters. The van der Waals surface area contributed by atoms with Gasteiger partial charge in [-0.2, -0.15) is 0 Å². The van der Waals surface area contributed by atoms with Gasteiger partial charge >= 0.3 is 0 Å². The van der Waals surface area contributed by atoms with Crippen LogP contribution in [0.5, 0.6) is 5.75 Å². The van der Waals surface area contributed by atoms with Crippen LogP contribution in [0.4, 0.5) is 0 Å². The topological polar surface area (TPSA) is 50.5 Å². The van der Waals surface area contributed by atoms with Crippen molar-refractivity contribution in [3.63, 3.8) is 0 Å². The molecule has 0 fully saturated rings. The van der Waals surface area contributed by atoms with Gasteiger partial charge in [0.25, 0.3) is 0 Å². The van der Waals surface area contributed by atoms with Crippen molar-refractivity contribution in [2.75, 3.05) is 26.2 Å². The Morgan fingerprint density at radius 3 is 2.27 bits per heavy atom. The molecule has 26 heavy (non-hydrogen) atoms. The zero-order valence-electron chi connectivity index (χ0n) is 17.6. The Hall–Kier alpha value is -0.810. The van der Waals surface area contributed by atoms with E-state index in [1.54, 1.807) is 4.90 Å². The SMILES string of the molecule is Cc1cc(OC[C@H](O)C[NH2+]CC[NH+](C(C)C)C(C)C)c(C(C)C)cc1Cl. The molecule has 4 nitrogen and oxygen atoms in total. The summed E-state index contributed by atoms with van der Waals surface area (Å²) in [6.07, 6.45) is -0.479. The molecule has 150 valence electrons. The lowest BCUT2D eigenvalue weighted by Crippen LogP contribution is -3.19. The maximum Gasteiger partial charge on any atom is 0.137 e. The van der Waals surface area contributed by atoms with Gasteiger partial charge in [-0.05, 0) is 63.8 Å². The molecule has 0 aromatic heterocycles. The minimum Gasteiger partial charge on any atom is -0.490 e. The molecule has 0 radical (unpaired) electrons. The number of nitrogens with one attached hydrogen (secondary N) is 1. The molecule has 0 spiro atoms. The minimum absolute atomic E-state index is 0.308. The van der Waals surface area contributed by atoms with Crippen molar-refractivity contribution in [3.05, 3.63) is 28.3 Å². The van der Waals surface area contributed by atoms with E-state index in [4.69, 9.17) is 16.3 Å². The largest absolute Gasteiger partial charge is 0.490 e. The van der Waals surface area contributed by atoms with Crippen molar-refractivity contribution >= 4 is 11.6 Å². The summed E-state index contributed by atoms with van der Waals surface area (Å²) in [6, 6.07) is 5.20. The number of aliphatic hydroxyl groups excluding tert-OH is 1. The van der Waals surface area contributed by atoms with Crippen LogP contribution in [0.3, 0.4) is 0 Å². The van der Waals surface area contributed by atoms with Crippen LogP contribution in [0.25, 0.3) is 0 Å². The highest BCUT2D eigenvalue weighted by molar-refractivity contribution is 6.31. The first-order valence-corrected chi connectivity index (χ1v) is 10.3. The first-order valence-electron chi connectivity index (χ1n) is 9.91. The molecule has 1 atom stereocenters. The summed E-state index contributed by atoms with van der Waals surface area (Å²) in [7, 11) is 0. The second kappa shape index (κ2) is 11.1. The molecule has 0 heterocycles. The fourth-order valence-corrected chi connectivity index (χ4v) is 3.50. The zero-order chi connectivity index (χ0) is 19.9. The second-order valence-electron chi connectivity index (χ2n) is 8.21. The van der Waals surface area contributed by atoms with Gasteiger partial charge in [0.1, 0.15) is 38.1 Å². The second-order valence-corrected chi connectivity index (χ2v) is 8.61. The van der Waals surface area contributed by atoms with Gasteiger partial charge in [0.2, 0.25) is 0 Å². The highest BCUT2D eigenvalue weighted by Crippen LogP contribution is 2.32. The molecular formula is C21H39ClN2O2+2. The van der Waals surface area contributed by atoms with E-state index in [0.29, 0.717) is 31.2 Å². The standard InChI is InChI=1S/C21H37ClN2O2/c1-14(2)19-11-20(22)17(7)10-21(19)26-13-18(25)12-23-8-9-24(15(3)4)16(5)6/h10-11,14-16,18,23,25H,8-9,12-13H2,1-7H3/p+2/t18-/m1/s1. The van der Waals surface area contributed by atoms with Crippen molar-refractivity contribution in [2.24, 2.45) is 0 Å². The van der Waals surface area contributed by atoms with Crippen LogP contribution >= 0.6 is 11.6 Å². The number of aliphatic hydroxyl groups is 1. The van der Waals surface area contributed by atoms with Gasteiger partial charge in [0, 0.05) is 5.02 Å². The summed E-state index contributed by atoms with van der Waals surface area (Å²) in [5.41, 5.74) is 2.09. The first kappa shape index (κ1) is 23.2. The minimum atomic E-state index is -0.479. The highest BCUT2D eigenvalue weighted by Gasteiger charge is 2.18. The van der Waals surface area contributed by atoms with Crippen LogP contribution in [-0.2, 0) is 0 Å². The van der Waals surface area contributed by atoms with E-state index >= 15 is 0 Å². The maximum atomic E-state index is 10.3. The molecule has 5 heteroatoms. The quantitative estimate of drug-likeness (QED) is 0.508. The Balaban J connectivity index is 2.45. The fourth-order valence-electron chi connectivity index (χ4n) is 3.32. The van der Waals surface area contributed by atoms with E-state index in [1.807, 2.05) is 19.1 Å². The molecule has 0 aliphatic carbocycles. The van der Waals surface area contributed by atoms with Crippen LogP contribution in [-0.4, -0.2) is 49.5 Å². The van der Waals surface area contributed by atoms with Crippen LogP contribution in [0.2, 0.25) is 5.02 Å². The lowest BCUT2D eigenvalue weighted by Gasteiger charge is -2.26. The summed E-state index contributed by atoms with van der Waals surface area (Å²) >= 11 is 6.23. The van der Waals surface area contributed by atoms with Gasteiger partial charge in [-0.15, -0.1) is 0 Å². The smallest absolute Gasteiger partial charge is 0.137 e. The summed E-state index contributed by atoms with van der Waals surface area (Å²) < 4.78 is 5.92. The molecule has 0 aliphatic heterocycles. The monoisotopic (exact) mass is 386 g/mol. The van der Waals surface area contributed by atoms with Gasteiger partial charge in [-0.25, -0.2) is 0 Å². The third kappa shape index (κ3) is 7.43. The van der Waals surface area contributed by atoms with E-state index in [2.05, 4.69) is 46.9 Å². The molecule has 1 aromatic rings. The number of aryl methyl sites for hydroxylation is 1. The summed E-state index contributed by atoms with van der Waals surface area (Å²) in [5.74, 6) is 1.16. The van der Waals surface area contributed by atoms with Crippen molar-refractivity contribution in [2.45, 2.75) is 72.6 Å². The van der Waals surface area contributed by atoms with Crippen LogP contribution in [0, 0.1) is 6.92 Å². The van der Waals surface area contributed by atoms with Crippen LogP contribution in [0.15, 0.2) is 12.1 Å². The van der Waals surface area contributed by atoms with Gasteiger partial charge in [-0.3, -0.25) is 0 Å². The molecule has 0 amide bonds. The number of benzene rings is 1. The third-order valence-electron chi connectivity index (χ3n) is 4.90. The predicted molar refractivity (Wildman–Crippen MR) is 110 cm³/mol. The average Bonchev–Trinajstić information content (AvgIpc) is 2.54. The Kier molecular flexibility index (Phi) is 9.94. The van der Waals surface area contributed by atoms with Crippen molar-refractivity contribution < 1.29 is 20.1 Å². The number of ether oxygens (including phenoxy) is 1. The number of hydrogen-bond donors (Lipinski definition) is 3. The molecular weight excluding hydrogens is 348 g/mol. The average molecular weight is 387 g/mol. The molecule has 0 bridgehead atoms. The van der Waals surface area contributed by atoms with Crippen LogP contribution < -0.4 is 15.0 Å². The predicted octanol–water partition coefficient (Wildman–Crippen LogP) is 1.78. The maximum absolute atomic E-state index is 10.3. The number of nitrogens with two attached hydrogens (primary N) is 1. The molecule has 0 saturated carbocycles. The van der Waals surface area contributed by atoms with E-state index < -0.39 is 6.10 Å². The van der Waals surface area contributed by atoms with Crippen molar-refractivity contribution in [1.29, 1.82) is 0 Å². The third-order valence-corrected chi connectivity index (χ3v) is 5.31. The van der Waals surface area contributed by atoms with E-state index in [-0.39, 0.29) is 0 Å². The Morgan fingerprint density at radius 2 is 1.73 bits per heavy atom. The van der Waals surface area contributed by atoms with Gasteiger partial charge in [-0.1, -0.05) is 25.4 Å². The van der Waals surface area contributed by atoms with E-state index in [0.717, 1.165) is 35.0 Å². The normalized spacial score (nSPS) is 13.3. The Morgan fingerprint density at radius 1 is 1.12 bits per heavy atom. The number of quaternary nitrogens is 2. The van der Waals surface area contributed by atoms with E-state index in [1.165, 1.54) is 0 Å². The summed E-state index contributed by atoms with van der Waals surface area (Å²) in [6.45, 7) is 18.4. The Bertz CT molecular complexity index is 539. The Labute approximate surface area is 164 Å². The van der Waals surface area contributed by atoms with Crippen LogP contribution in [0.1, 0.15) is 58.6 Å². The molecule has 1 aromatic carbocycles. The van der Waals surface area contributed by atoms with Crippen molar-refractivity contribution in [1.82, 2.24) is 0 Å². The fraction of sp³-hybridized carbons (Fsp3) is 0.714. The van der Waals surface area contributed by atoms with Gasteiger partial charge in [0.05, 0.1) is 12.1 Å². The number of rotatable bonds is 11. The van der Waals surface area contributed by atoms with Gasteiger partial charge in [0.15, 0.2) is 0 Å². The number of hydrogen-bond acceptors (Lipinski definition) is 2. The summed E-state index contributed by atoms with van der Waals surface area (Å²) in [4.78, 5) is 1.60. The summed E-state index contributed by atoms with van der Waals surface area (Å²) in [5, 5.41) is 13.2. The molecule has 0 aliphatic rings. The zero-order valence-corrected chi connectivity index (χ0v) is 18.4. The lowest BCUT2D eigenvalue weighted by atomic mass is 10.0. The number of halogens is 1. The highest BCUT2D eigenvalue weighted by atomic mass is 35.5. The molecule has 0 saturated heterocycles. The van der Waals surface area contributed by atoms with E-state index in [9.17, 15) is 5.11 Å². The lowest BCUT2D eigenvalue weighted by molar-refractivity contribution is -0.952. The van der Waals surface area contributed by atoms with Gasteiger partial charge < -0.3 is 20.1 Å².